The topological polar surface area (TPSA) is 72.2 Å². The Labute approximate surface area is 160 Å². The highest BCUT2D eigenvalue weighted by atomic mass is 32.1. The van der Waals surface area contributed by atoms with E-state index in [0.29, 0.717) is 22.3 Å². The molecule has 7 heteroatoms. The smallest absolute Gasteiger partial charge is 0.236 e. The van der Waals surface area contributed by atoms with E-state index in [9.17, 15) is 4.79 Å². The summed E-state index contributed by atoms with van der Waals surface area (Å²) in [7, 11) is 0. The standard InChI is InChI=1S/C20H19N5OS/c1-3-16(14-9-5-4-6-10-14)18(26)21-19-24-25-17(22-23-20(25)27-19)15-11-7-8-13(2)12-15/h4-12,16H,3H2,1-2H3,(H,21,24,26)/t16-/m0/s1. The summed E-state index contributed by atoms with van der Waals surface area (Å²) in [6, 6.07) is 17.8. The number of fused-ring (bicyclic) bond motifs is 1. The van der Waals surface area contributed by atoms with Gasteiger partial charge in [0.25, 0.3) is 0 Å². The third kappa shape index (κ3) is 3.46. The van der Waals surface area contributed by atoms with Gasteiger partial charge >= 0.3 is 0 Å². The molecular weight excluding hydrogens is 358 g/mol. The van der Waals surface area contributed by atoms with Crippen LogP contribution < -0.4 is 5.32 Å². The minimum absolute atomic E-state index is 0.0641. The first kappa shape index (κ1) is 17.4. The van der Waals surface area contributed by atoms with Gasteiger partial charge in [0.1, 0.15) is 0 Å². The highest BCUT2D eigenvalue weighted by Gasteiger charge is 2.21. The molecule has 27 heavy (non-hydrogen) atoms. The van der Waals surface area contributed by atoms with E-state index >= 15 is 0 Å². The molecule has 4 rings (SSSR count). The monoisotopic (exact) mass is 377 g/mol. The van der Waals surface area contributed by atoms with Crippen LogP contribution in [0.5, 0.6) is 0 Å². The molecule has 0 bridgehead atoms. The fourth-order valence-corrected chi connectivity index (χ4v) is 3.82. The van der Waals surface area contributed by atoms with Crippen LogP contribution in [0, 0.1) is 6.92 Å². The van der Waals surface area contributed by atoms with E-state index in [1.165, 1.54) is 11.3 Å². The number of aromatic nitrogens is 4. The summed E-state index contributed by atoms with van der Waals surface area (Å²) < 4.78 is 1.68. The van der Waals surface area contributed by atoms with Crippen molar-refractivity contribution in [1.82, 2.24) is 19.8 Å². The number of nitrogens with one attached hydrogen (secondary N) is 1. The average Bonchev–Trinajstić information content (AvgIpc) is 3.23. The van der Waals surface area contributed by atoms with Crippen LogP contribution in [0.1, 0.15) is 30.4 Å². The van der Waals surface area contributed by atoms with Gasteiger partial charge in [-0.15, -0.1) is 15.3 Å². The lowest BCUT2D eigenvalue weighted by Gasteiger charge is -2.13. The summed E-state index contributed by atoms with van der Waals surface area (Å²) >= 11 is 1.31. The van der Waals surface area contributed by atoms with Gasteiger partial charge in [-0.1, -0.05) is 72.4 Å². The van der Waals surface area contributed by atoms with Crippen molar-refractivity contribution in [2.24, 2.45) is 0 Å². The highest BCUT2D eigenvalue weighted by molar-refractivity contribution is 7.20. The van der Waals surface area contributed by atoms with Crippen LogP contribution in [0.4, 0.5) is 5.13 Å². The second-order valence-electron chi connectivity index (χ2n) is 6.36. The minimum Gasteiger partial charge on any atom is -0.300 e. The van der Waals surface area contributed by atoms with E-state index < -0.39 is 0 Å². The Morgan fingerprint density at radius 2 is 1.96 bits per heavy atom. The first-order chi connectivity index (χ1) is 13.2. The summed E-state index contributed by atoms with van der Waals surface area (Å²) in [6.07, 6.45) is 0.717. The molecule has 1 amide bonds. The maximum absolute atomic E-state index is 12.8. The van der Waals surface area contributed by atoms with Crippen molar-refractivity contribution in [2.75, 3.05) is 5.32 Å². The second kappa shape index (κ2) is 7.28. The maximum atomic E-state index is 12.8. The number of hydrogen-bond acceptors (Lipinski definition) is 5. The Hall–Kier alpha value is -3.06. The number of nitrogens with zero attached hydrogens (tertiary/aromatic N) is 4. The van der Waals surface area contributed by atoms with Gasteiger partial charge in [0.15, 0.2) is 5.82 Å². The molecule has 0 aliphatic heterocycles. The van der Waals surface area contributed by atoms with Crippen LogP contribution in [-0.2, 0) is 4.79 Å². The van der Waals surface area contributed by atoms with E-state index in [1.807, 2.05) is 68.4 Å². The van der Waals surface area contributed by atoms with Crippen LogP contribution in [-0.4, -0.2) is 25.7 Å². The number of anilines is 1. The number of rotatable bonds is 5. The summed E-state index contributed by atoms with van der Waals surface area (Å²) in [6.45, 7) is 4.04. The molecule has 1 N–H and O–H groups in total. The SMILES string of the molecule is CC[C@H](C(=O)Nc1nn2c(-c3cccc(C)c3)nnc2s1)c1ccccc1. The molecule has 2 aromatic carbocycles. The quantitative estimate of drug-likeness (QED) is 0.563. The van der Waals surface area contributed by atoms with Gasteiger partial charge in [-0.2, -0.15) is 4.52 Å². The normalized spacial score (nSPS) is 12.2. The summed E-state index contributed by atoms with van der Waals surface area (Å²) in [5.74, 6) is 0.392. The molecule has 0 spiro atoms. The van der Waals surface area contributed by atoms with Crippen molar-refractivity contribution in [3.63, 3.8) is 0 Å². The van der Waals surface area contributed by atoms with E-state index in [4.69, 9.17) is 0 Å². The first-order valence-corrected chi connectivity index (χ1v) is 9.62. The van der Waals surface area contributed by atoms with E-state index in [-0.39, 0.29) is 11.8 Å². The van der Waals surface area contributed by atoms with Crippen molar-refractivity contribution in [3.05, 3.63) is 65.7 Å². The Bertz CT molecular complexity index is 1090. The Morgan fingerprint density at radius 1 is 1.15 bits per heavy atom. The average molecular weight is 377 g/mol. The van der Waals surface area contributed by atoms with Crippen molar-refractivity contribution < 1.29 is 4.79 Å². The van der Waals surface area contributed by atoms with Gasteiger partial charge in [-0.3, -0.25) is 10.1 Å². The molecule has 136 valence electrons. The van der Waals surface area contributed by atoms with Gasteiger partial charge in [0.2, 0.25) is 16.0 Å². The zero-order chi connectivity index (χ0) is 18.8. The third-order valence-corrected chi connectivity index (χ3v) is 5.24. The molecule has 4 aromatic rings. The lowest BCUT2D eigenvalue weighted by atomic mass is 9.96. The third-order valence-electron chi connectivity index (χ3n) is 4.42. The number of carbonyl (C=O) groups excluding carboxylic acids is 1. The first-order valence-electron chi connectivity index (χ1n) is 8.81. The van der Waals surface area contributed by atoms with Gasteiger partial charge in [-0.25, -0.2) is 0 Å². The molecule has 2 aromatic heterocycles. The lowest BCUT2D eigenvalue weighted by Crippen LogP contribution is -2.20. The second-order valence-corrected chi connectivity index (χ2v) is 7.31. The number of aryl methyl sites for hydroxylation is 1. The predicted molar refractivity (Wildman–Crippen MR) is 107 cm³/mol. The molecule has 0 aliphatic carbocycles. The molecule has 0 unspecified atom stereocenters. The molecule has 1 atom stereocenters. The maximum Gasteiger partial charge on any atom is 0.236 e. The van der Waals surface area contributed by atoms with Crippen LogP contribution >= 0.6 is 11.3 Å². The Kier molecular flexibility index (Phi) is 4.68. The van der Waals surface area contributed by atoms with Crippen LogP contribution in [0.15, 0.2) is 54.6 Å². The van der Waals surface area contributed by atoms with Crippen molar-refractivity contribution in [1.29, 1.82) is 0 Å². The van der Waals surface area contributed by atoms with Crippen LogP contribution in [0.3, 0.4) is 0 Å². The summed E-state index contributed by atoms with van der Waals surface area (Å²) in [5, 5.41) is 16.4. The highest BCUT2D eigenvalue weighted by Crippen LogP contribution is 2.26. The van der Waals surface area contributed by atoms with Crippen LogP contribution in [0.2, 0.25) is 0 Å². The summed E-state index contributed by atoms with van der Waals surface area (Å²) in [5.41, 5.74) is 3.09. The van der Waals surface area contributed by atoms with Crippen LogP contribution in [0.25, 0.3) is 16.3 Å². The van der Waals surface area contributed by atoms with Crippen molar-refractivity contribution >= 4 is 27.3 Å². The van der Waals surface area contributed by atoms with E-state index in [1.54, 1.807) is 4.52 Å². The fraction of sp³-hybridized carbons (Fsp3) is 0.200. The molecular formula is C20H19N5OS. The molecule has 0 radical (unpaired) electrons. The minimum atomic E-state index is -0.211. The number of amides is 1. The van der Waals surface area contributed by atoms with Gasteiger partial charge in [0, 0.05) is 5.56 Å². The van der Waals surface area contributed by atoms with E-state index in [0.717, 1.165) is 16.7 Å². The molecule has 0 aliphatic rings. The van der Waals surface area contributed by atoms with Crippen molar-refractivity contribution in [3.8, 4) is 11.4 Å². The number of benzene rings is 2. The molecule has 0 saturated heterocycles. The lowest BCUT2D eigenvalue weighted by molar-refractivity contribution is -0.117. The number of hydrogen-bond donors (Lipinski definition) is 1. The van der Waals surface area contributed by atoms with Crippen molar-refractivity contribution in [2.45, 2.75) is 26.2 Å². The summed E-state index contributed by atoms with van der Waals surface area (Å²) in [4.78, 5) is 13.4. The Balaban J connectivity index is 1.61. The Morgan fingerprint density at radius 3 is 2.70 bits per heavy atom. The zero-order valence-electron chi connectivity index (χ0n) is 15.1. The predicted octanol–water partition coefficient (Wildman–Crippen LogP) is 4.29. The number of carbonyl (C=O) groups is 1. The van der Waals surface area contributed by atoms with Gasteiger partial charge in [-0.05, 0) is 25.0 Å². The largest absolute Gasteiger partial charge is 0.300 e. The zero-order valence-corrected chi connectivity index (χ0v) is 15.9. The van der Waals surface area contributed by atoms with Gasteiger partial charge in [0.05, 0.1) is 5.92 Å². The molecule has 6 nitrogen and oxygen atoms in total. The van der Waals surface area contributed by atoms with E-state index in [2.05, 4.69) is 20.6 Å². The molecule has 2 heterocycles. The molecule has 0 saturated carbocycles. The van der Waals surface area contributed by atoms with Gasteiger partial charge < -0.3 is 0 Å². The molecule has 0 fully saturated rings. The fourth-order valence-electron chi connectivity index (χ4n) is 3.08.